The van der Waals surface area contributed by atoms with Crippen LogP contribution in [0.1, 0.15) is 36.8 Å². The normalized spacial score (nSPS) is 22.2. The molecule has 0 spiro atoms. The molecule has 1 aliphatic heterocycles. The van der Waals surface area contributed by atoms with E-state index in [0.29, 0.717) is 0 Å². The highest BCUT2D eigenvalue weighted by molar-refractivity contribution is 5.31. The van der Waals surface area contributed by atoms with Gasteiger partial charge in [-0.25, -0.2) is 0 Å². The Morgan fingerprint density at radius 3 is 2.93 bits per heavy atom. The second-order valence-electron chi connectivity index (χ2n) is 4.10. The molecule has 1 fully saturated rings. The zero-order chi connectivity index (χ0) is 9.80. The van der Waals surface area contributed by atoms with Crippen LogP contribution in [-0.4, -0.2) is 13.1 Å². The van der Waals surface area contributed by atoms with Crippen LogP contribution >= 0.6 is 0 Å². The molecular formula is C13H19N. The summed E-state index contributed by atoms with van der Waals surface area (Å²) in [6.45, 7) is 4.61. The first-order valence-corrected chi connectivity index (χ1v) is 5.70. The Balaban J connectivity index is 2.20. The van der Waals surface area contributed by atoms with Crippen LogP contribution in [0.2, 0.25) is 0 Å². The monoisotopic (exact) mass is 189 g/mol. The lowest BCUT2D eigenvalue weighted by Gasteiger charge is -2.25. The first-order chi connectivity index (χ1) is 6.92. The maximum atomic E-state index is 3.48. The van der Waals surface area contributed by atoms with Gasteiger partial charge in [0.1, 0.15) is 0 Å². The first kappa shape index (κ1) is 9.72. The third kappa shape index (κ3) is 1.98. The quantitative estimate of drug-likeness (QED) is 0.754. The fraction of sp³-hybridized carbons (Fsp3) is 0.538. The summed E-state index contributed by atoms with van der Waals surface area (Å²) in [5.74, 6) is 0.750. The van der Waals surface area contributed by atoms with Gasteiger partial charge in [-0.05, 0) is 42.9 Å². The molecule has 0 unspecified atom stereocenters. The average molecular weight is 189 g/mol. The van der Waals surface area contributed by atoms with Crippen LogP contribution in [-0.2, 0) is 6.42 Å². The van der Waals surface area contributed by atoms with Gasteiger partial charge in [0.15, 0.2) is 0 Å². The van der Waals surface area contributed by atoms with Crippen LogP contribution in [0.3, 0.4) is 0 Å². The molecule has 1 aliphatic rings. The van der Waals surface area contributed by atoms with E-state index in [2.05, 4.69) is 36.5 Å². The lowest BCUT2D eigenvalue weighted by Crippen LogP contribution is -2.28. The van der Waals surface area contributed by atoms with Crippen molar-refractivity contribution in [3.05, 3.63) is 35.4 Å². The molecule has 76 valence electrons. The highest BCUT2D eigenvalue weighted by Crippen LogP contribution is 2.26. The zero-order valence-electron chi connectivity index (χ0n) is 8.92. The Morgan fingerprint density at radius 2 is 2.21 bits per heavy atom. The van der Waals surface area contributed by atoms with Gasteiger partial charge in [-0.2, -0.15) is 0 Å². The van der Waals surface area contributed by atoms with Gasteiger partial charge in [-0.3, -0.25) is 0 Å². The molecule has 0 saturated carbocycles. The van der Waals surface area contributed by atoms with Crippen molar-refractivity contribution in [1.29, 1.82) is 0 Å². The topological polar surface area (TPSA) is 12.0 Å². The summed E-state index contributed by atoms with van der Waals surface area (Å²) in [5, 5.41) is 3.48. The number of rotatable bonds is 2. The Bertz CT molecular complexity index is 287. The summed E-state index contributed by atoms with van der Waals surface area (Å²) in [5.41, 5.74) is 3.10. The minimum absolute atomic E-state index is 0.750. The minimum atomic E-state index is 0.750. The van der Waals surface area contributed by atoms with E-state index in [1.165, 1.54) is 24.9 Å². The summed E-state index contributed by atoms with van der Waals surface area (Å²) < 4.78 is 0. The number of hydrogen-bond donors (Lipinski definition) is 1. The highest BCUT2D eigenvalue weighted by atomic mass is 14.9. The Kier molecular flexibility index (Phi) is 3.20. The van der Waals surface area contributed by atoms with E-state index >= 15 is 0 Å². The molecule has 0 radical (unpaired) electrons. The number of nitrogens with one attached hydrogen (secondary N) is 1. The molecule has 1 aromatic carbocycles. The van der Waals surface area contributed by atoms with Crippen LogP contribution in [0.5, 0.6) is 0 Å². The number of aryl methyl sites for hydroxylation is 1. The largest absolute Gasteiger partial charge is 0.316 e. The molecule has 0 bridgehead atoms. The first-order valence-electron chi connectivity index (χ1n) is 5.70. The van der Waals surface area contributed by atoms with Crippen molar-refractivity contribution < 1.29 is 0 Å². The van der Waals surface area contributed by atoms with Gasteiger partial charge in [-0.1, -0.05) is 31.2 Å². The van der Waals surface area contributed by atoms with Crippen molar-refractivity contribution >= 4 is 0 Å². The van der Waals surface area contributed by atoms with Crippen molar-refractivity contribution in [2.75, 3.05) is 13.1 Å². The molecule has 0 amide bonds. The summed E-state index contributed by atoms with van der Waals surface area (Å²) in [4.78, 5) is 0. The standard InChI is InChI=1S/C13H19N/c1-2-11-6-3-4-8-13(11)12-7-5-9-14-10-12/h3-4,6,8,12,14H,2,5,7,9-10H2,1H3/t12-/m1/s1. The van der Waals surface area contributed by atoms with E-state index in [1.807, 2.05) is 0 Å². The van der Waals surface area contributed by atoms with Crippen molar-refractivity contribution in [3.8, 4) is 0 Å². The third-order valence-corrected chi connectivity index (χ3v) is 3.17. The van der Waals surface area contributed by atoms with E-state index in [1.54, 1.807) is 5.56 Å². The predicted octanol–water partition coefficient (Wildman–Crippen LogP) is 2.72. The second-order valence-corrected chi connectivity index (χ2v) is 4.10. The van der Waals surface area contributed by atoms with Gasteiger partial charge < -0.3 is 5.32 Å². The molecule has 1 heterocycles. The second kappa shape index (κ2) is 4.61. The predicted molar refractivity (Wildman–Crippen MR) is 60.7 cm³/mol. The van der Waals surface area contributed by atoms with Gasteiger partial charge in [0.2, 0.25) is 0 Å². The van der Waals surface area contributed by atoms with E-state index in [4.69, 9.17) is 0 Å². The fourth-order valence-electron chi connectivity index (χ4n) is 2.37. The van der Waals surface area contributed by atoms with Gasteiger partial charge in [0.05, 0.1) is 0 Å². The van der Waals surface area contributed by atoms with E-state index in [0.717, 1.165) is 18.9 Å². The van der Waals surface area contributed by atoms with E-state index in [9.17, 15) is 0 Å². The molecule has 1 nitrogen and oxygen atoms in total. The van der Waals surface area contributed by atoms with Crippen LogP contribution in [0, 0.1) is 0 Å². The molecule has 1 aromatic rings. The minimum Gasteiger partial charge on any atom is -0.316 e. The Labute approximate surface area is 86.5 Å². The van der Waals surface area contributed by atoms with Gasteiger partial charge >= 0.3 is 0 Å². The summed E-state index contributed by atoms with van der Waals surface area (Å²) >= 11 is 0. The fourth-order valence-corrected chi connectivity index (χ4v) is 2.37. The smallest absolute Gasteiger partial charge is 0.00202 e. The Hall–Kier alpha value is -0.820. The van der Waals surface area contributed by atoms with Crippen molar-refractivity contribution in [1.82, 2.24) is 5.32 Å². The van der Waals surface area contributed by atoms with Crippen LogP contribution in [0.25, 0.3) is 0 Å². The molecule has 0 aliphatic carbocycles. The number of piperidine rings is 1. The van der Waals surface area contributed by atoms with Crippen molar-refractivity contribution in [2.24, 2.45) is 0 Å². The SMILES string of the molecule is CCc1ccccc1[C@@H]1CCCNC1. The molecule has 1 atom stereocenters. The molecule has 0 aromatic heterocycles. The molecule has 2 rings (SSSR count). The highest BCUT2D eigenvalue weighted by Gasteiger charge is 2.16. The van der Waals surface area contributed by atoms with E-state index < -0.39 is 0 Å². The van der Waals surface area contributed by atoms with Gasteiger partial charge in [0, 0.05) is 6.54 Å². The number of benzene rings is 1. The lowest BCUT2D eigenvalue weighted by atomic mass is 9.88. The maximum Gasteiger partial charge on any atom is 0.00202 e. The van der Waals surface area contributed by atoms with Crippen LogP contribution in [0.4, 0.5) is 0 Å². The zero-order valence-corrected chi connectivity index (χ0v) is 8.92. The maximum absolute atomic E-state index is 3.48. The summed E-state index contributed by atoms with van der Waals surface area (Å²) in [6.07, 6.45) is 3.83. The molecule has 14 heavy (non-hydrogen) atoms. The van der Waals surface area contributed by atoms with Crippen LogP contribution < -0.4 is 5.32 Å². The van der Waals surface area contributed by atoms with E-state index in [-0.39, 0.29) is 0 Å². The molecular weight excluding hydrogens is 170 g/mol. The van der Waals surface area contributed by atoms with Gasteiger partial charge in [0.25, 0.3) is 0 Å². The average Bonchev–Trinajstić information content (AvgIpc) is 2.30. The number of hydrogen-bond acceptors (Lipinski definition) is 1. The van der Waals surface area contributed by atoms with Gasteiger partial charge in [-0.15, -0.1) is 0 Å². The molecule has 1 saturated heterocycles. The van der Waals surface area contributed by atoms with Crippen molar-refractivity contribution in [2.45, 2.75) is 32.1 Å². The summed E-state index contributed by atoms with van der Waals surface area (Å²) in [7, 11) is 0. The van der Waals surface area contributed by atoms with Crippen molar-refractivity contribution in [3.63, 3.8) is 0 Å². The Morgan fingerprint density at radius 1 is 1.36 bits per heavy atom. The molecule has 1 heteroatoms. The lowest BCUT2D eigenvalue weighted by molar-refractivity contribution is 0.460. The third-order valence-electron chi connectivity index (χ3n) is 3.17. The van der Waals surface area contributed by atoms with Crippen LogP contribution in [0.15, 0.2) is 24.3 Å². The summed E-state index contributed by atoms with van der Waals surface area (Å²) in [6, 6.07) is 8.89. The molecule has 1 N–H and O–H groups in total.